The smallest absolute Gasteiger partial charge is 0.272 e. The van der Waals surface area contributed by atoms with Gasteiger partial charge in [0.25, 0.3) is 5.69 Å². The van der Waals surface area contributed by atoms with Gasteiger partial charge in [-0.2, -0.15) is 0 Å². The van der Waals surface area contributed by atoms with Gasteiger partial charge in [0.2, 0.25) is 0 Å². The number of hydrogen-bond acceptors (Lipinski definition) is 3. The maximum Gasteiger partial charge on any atom is 0.272 e. The molecule has 4 heteroatoms. The number of fused-ring (bicyclic) bond motifs is 1. The molecule has 0 aliphatic heterocycles. The summed E-state index contributed by atoms with van der Waals surface area (Å²) in [6.07, 6.45) is 9.47. The maximum atomic E-state index is 10.9. The van der Waals surface area contributed by atoms with E-state index >= 15 is 0 Å². The van der Waals surface area contributed by atoms with Crippen molar-refractivity contribution < 1.29 is 4.92 Å². The number of nitrogens with zero attached hydrogens (tertiary/aromatic N) is 1. The van der Waals surface area contributed by atoms with E-state index in [-0.39, 0.29) is 10.6 Å². The summed E-state index contributed by atoms with van der Waals surface area (Å²) in [5, 5.41) is 14.5. The van der Waals surface area contributed by atoms with Crippen LogP contribution < -0.4 is 5.32 Å². The lowest BCUT2D eigenvalue weighted by Gasteiger charge is -2.39. The van der Waals surface area contributed by atoms with Gasteiger partial charge in [0.1, 0.15) is 0 Å². The third kappa shape index (κ3) is 3.20. The summed E-state index contributed by atoms with van der Waals surface area (Å²) in [6.45, 7) is 1.81. The Morgan fingerprint density at radius 2 is 1.90 bits per heavy atom. The third-order valence-electron chi connectivity index (χ3n) is 5.30. The van der Waals surface area contributed by atoms with Crippen molar-refractivity contribution in [2.24, 2.45) is 11.8 Å². The highest BCUT2D eigenvalue weighted by molar-refractivity contribution is 5.54. The quantitative estimate of drug-likeness (QED) is 0.649. The molecule has 3 atom stereocenters. The summed E-state index contributed by atoms with van der Waals surface area (Å²) in [5.41, 5.74) is 1.96. The summed E-state index contributed by atoms with van der Waals surface area (Å²) in [6, 6.07) is 5.90. The predicted molar refractivity (Wildman–Crippen MR) is 84.5 cm³/mol. The summed E-state index contributed by atoms with van der Waals surface area (Å²) in [5.74, 6) is 1.85. The minimum atomic E-state index is -0.313. The van der Waals surface area contributed by atoms with Gasteiger partial charge in [-0.15, -0.1) is 0 Å². The van der Waals surface area contributed by atoms with E-state index in [1.165, 1.54) is 44.9 Å². The molecule has 2 aliphatic rings. The highest BCUT2D eigenvalue weighted by Gasteiger charge is 2.32. The Kier molecular flexibility index (Phi) is 4.13. The minimum absolute atomic E-state index is 0.205. The van der Waals surface area contributed by atoms with E-state index in [2.05, 4.69) is 5.32 Å². The van der Waals surface area contributed by atoms with Crippen LogP contribution in [0.5, 0.6) is 0 Å². The molecule has 4 nitrogen and oxygen atoms in total. The normalized spacial score (nSPS) is 28.7. The first-order chi connectivity index (χ1) is 10.1. The lowest BCUT2D eigenvalue weighted by molar-refractivity contribution is -0.385. The van der Waals surface area contributed by atoms with Crippen LogP contribution in [0.4, 0.5) is 11.4 Å². The van der Waals surface area contributed by atoms with Gasteiger partial charge >= 0.3 is 0 Å². The molecule has 0 heterocycles. The van der Waals surface area contributed by atoms with Gasteiger partial charge in [0.05, 0.1) is 4.92 Å². The van der Waals surface area contributed by atoms with Crippen LogP contribution >= 0.6 is 0 Å². The average Bonchev–Trinajstić information content (AvgIpc) is 2.47. The van der Waals surface area contributed by atoms with Crippen molar-refractivity contribution in [2.45, 2.75) is 57.9 Å². The Morgan fingerprint density at radius 3 is 2.62 bits per heavy atom. The van der Waals surface area contributed by atoms with Crippen molar-refractivity contribution in [3.8, 4) is 0 Å². The zero-order valence-corrected chi connectivity index (χ0v) is 12.7. The first-order valence-electron chi connectivity index (χ1n) is 8.15. The summed E-state index contributed by atoms with van der Waals surface area (Å²) in [7, 11) is 0. The topological polar surface area (TPSA) is 55.2 Å². The molecule has 2 aliphatic carbocycles. The number of rotatable bonds is 3. The summed E-state index contributed by atoms with van der Waals surface area (Å²) >= 11 is 0. The Balaban J connectivity index is 1.64. The van der Waals surface area contributed by atoms with Gasteiger partial charge < -0.3 is 5.32 Å². The fourth-order valence-corrected chi connectivity index (χ4v) is 4.19. The second-order valence-corrected chi connectivity index (χ2v) is 6.72. The fraction of sp³-hybridized carbons (Fsp3) is 0.647. The molecule has 0 saturated heterocycles. The van der Waals surface area contributed by atoms with Gasteiger partial charge in [-0.05, 0) is 50.2 Å². The van der Waals surface area contributed by atoms with E-state index in [0.29, 0.717) is 6.04 Å². The molecule has 3 unspecified atom stereocenters. The van der Waals surface area contributed by atoms with E-state index in [1.807, 2.05) is 12.1 Å². The van der Waals surface area contributed by atoms with Gasteiger partial charge in [0.15, 0.2) is 0 Å². The number of nitrogens with one attached hydrogen (secondary N) is 1. The fourth-order valence-electron chi connectivity index (χ4n) is 4.19. The first kappa shape index (κ1) is 14.4. The Bertz CT molecular complexity index is 530. The van der Waals surface area contributed by atoms with Crippen molar-refractivity contribution in [1.29, 1.82) is 0 Å². The molecular weight excluding hydrogens is 264 g/mol. The van der Waals surface area contributed by atoms with Crippen LogP contribution in [0.3, 0.4) is 0 Å². The van der Waals surface area contributed by atoms with Crippen molar-refractivity contribution in [3.63, 3.8) is 0 Å². The summed E-state index contributed by atoms with van der Waals surface area (Å²) in [4.78, 5) is 10.6. The van der Waals surface area contributed by atoms with Crippen LogP contribution in [-0.4, -0.2) is 11.0 Å². The molecule has 0 spiro atoms. The van der Waals surface area contributed by atoms with Crippen molar-refractivity contribution in [3.05, 3.63) is 33.9 Å². The van der Waals surface area contributed by atoms with Crippen LogP contribution in [-0.2, 0) is 0 Å². The monoisotopic (exact) mass is 288 g/mol. The number of aryl methyl sites for hydroxylation is 1. The SMILES string of the molecule is Cc1cc(NC2CCC3CCCCC3C2)ccc1[N+](=O)[O-]. The number of nitro benzene ring substituents is 1. The first-order valence-corrected chi connectivity index (χ1v) is 8.15. The highest BCUT2D eigenvalue weighted by atomic mass is 16.6. The van der Waals surface area contributed by atoms with Crippen LogP contribution in [0.25, 0.3) is 0 Å². The summed E-state index contributed by atoms with van der Waals surface area (Å²) < 4.78 is 0. The molecule has 0 amide bonds. The second-order valence-electron chi connectivity index (χ2n) is 6.72. The Labute approximate surface area is 126 Å². The molecule has 3 rings (SSSR count). The molecule has 1 N–H and O–H groups in total. The molecule has 1 aromatic rings. The standard InChI is InChI=1S/C17H24N2O2/c1-12-10-15(8-9-17(12)19(20)21)18-16-7-6-13-4-2-3-5-14(13)11-16/h8-10,13-14,16,18H,2-7,11H2,1H3. The van der Waals surface area contributed by atoms with E-state index in [0.717, 1.165) is 23.1 Å². The lowest BCUT2D eigenvalue weighted by Crippen LogP contribution is -2.34. The van der Waals surface area contributed by atoms with Crippen LogP contribution in [0.2, 0.25) is 0 Å². The number of nitro groups is 1. The minimum Gasteiger partial charge on any atom is -0.382 e. The molecule has 21 heavy (non-hydrogen) atoms. The van der Waals surface area contributed by atoms with Crippen LogP contribution in [0.15, 0.2) is 18.2 Å². The molecule has 0 radical (unpaired) electrons. The van der Waals surface area contributed by atoms with E-state index in [9.17, 15) is 10.1 Å². The molecule has 2 fully saturated rings. The van der Waals surface area contributed by atoms with E-state index in [1.54, 1.807) is 13.0 Å². The largest absolute Gasteiger partial charge is 0.382 e. The van der Waals surface area contributed by atoms with Gasteiger partial charge in [-0.1, -0.05) is 25.7 Å². The predicted octanol–water partition coefficient (Wildman–Crippen LogP) is 4.67. The molecule has 2 saturated carbocycles. The van der Waals surface area contributed by atoms with Crippen molar-refractivity contribution >= 4 is 11.4 Å². The number of benzene rings is 1. The third-order valence-corrected chi connectivity index (χ3v) is 5.30. The molecular formula is C17H24N2O2. The number of anilines is 1. The highest BCUT2D eigenvalue weighted by Crippen LogP contribution is 2.41. The molecule has 114 valence electrons. The van der Waals surface area contributed by atoms with E-state index < -0.39 is 0 Å². The second kappa shape index (κ2) is 6.04. The van der Waals surface area contributed by atoms with Crippen LogP contribution in [0, 0.1) is 28.9 Å². The number of hydrogen-bond donors (Lipinski definition) is 1. The Morgan fingerprint density at radius 1 is 1.14 bits per heavy atom. The maximum absolute atomic E-state index is 10.9. The zero-order chi connectivity index (χ0) is 14.8. The van der Waals surface area contributed by atoms with Crippen molar-refractivity contribution in [2.75, 3.05) is 5.32 Å². The van der Waals surface area contributed by atoms with E-state index in [4.69, 9.17) is 0 Å². The van der Waals surface area contributed by atoms with Gasteiger partial charge in [-0.3, -0.25) is 10.1 Å². The van der Waals surface area contributed by atoms with Crippen LogP contribution in [0.1, 0.15) is 50.5 Å². The molecule has 1 aromatic carbocycles. The Hall–Kier alpha value is -1.58. The average molecular weight is 288 g/mol. The molecule has 0 bridgehead atoms. The van der Waals surface area contributed by atoms with Crippen molar-refractivity contribution in [1.82, 2.24) is 0 Å². The zero-order valence-electron chi connectivity index (χ0n) is 12.7. The van der Waals surface area contributed by atoms with Gasteiger partial charge in [-0.25, -0.2) is 0 Å². The van der Waals surface area contributed by atoms with Gasteiger partial charge in [0, 0.05) is 23.4 Å². The lowest BCUT2D eigenvalue weighted by atomic mass is 9.69. The molecule has 0 aromatic heterocycles.